The molecule has 1 aromatic heterocycles. The molecule has 1 N–H and O–H groups in total. The van der Waals surface area contributed by atoms with Gasteiger partial charge in [0.2, 0.25) is 0 Å². The van der Waals surface area contributed by atoms with Crippen molar-refractivity contribution in [3.8, 4) is 0 Å². The zero-order valence-corrected chi connectivity index (χ0v) is 14.7. The van der Waals surface area contributed by atoms with Crippen molar-refractivity contribution in [3.63, 3.8) is 0 Å². The Labute approximate surface area is 152 Å². The molecule has 2 heterocycles. The predicted octanol–water partition coefficient (Wildman–Crippen LogP) is 3.63. The first-order valence-corrected chi connectivity index (χ1v) is 9.12. The minimum atomic E-state index is -0.475. The third-order valence-electron chi connectivity index (χ3n) is 4.04. The Hall–Kier alpha value is -1.86. The lowest BCUT2D eigenvalue weighted by Gasteiger charge is -2.20. The van der Waals surface area contributed by atoms with Gasteiger partial charge in [-0.3, -0.25) is 9.59 Å². The molecule has 1 aromatic carbocycles. The number of aromatic amines is 1. The van der Waals surface area contributed by atoms with Gasteiger partial charge in [-0.2, -0.15) is 11.8 Å². The quantitative estimate of drug-likeness (QED) is 0.860. The van der Waals surface area contributed by atoms with E-state index in [4.69, 9.17) is 11.6 Å². The van der Waals surface area contributed by atoms with Gasteiger partial charge in [-0.1, -0.05) is 11.6 Å². The van der Waals surface area contributed by atoms with Crippen LogP contribution in [0.15, 0.2) is 35.3 Å². The number of thioether (sulfide) groups is 1. The molecule has 0 saturated carbocycles. The van der Waals surface area contributed by atoms with Crippen molar-refractivity contribution < 1.29 is 13.6 Å². The molecule has 0 bridgehead atoms. The van der Waals surface area contributed by atoms with Crippen molar-refractivity contribution in [2.24, 2.45) is 0 Å². The first-order chi connectivity index (χ1) is 12.0. The standard InChI is InChI=1S/C17H15ClF2N2O2S/c18-13-7-10(9-21-16(13)23)17(24)22-4-3-15(25-6-5-22)12-8-11(19)1-2-14(12)20/h1-2,7-9,15H,3-6H2,(H,21,23). The molecule has 2 aromatic rings. The lowest BCUT2D eigenvalue weighted by atomic mass is 10.1. The van der Waals surface area contributed by atoms with Gasteiger partial charge in [-0.25, -0.2) is 8.78 Å². The molecule has 1 saturated heterocycles. The third kappa shape index (κ3) is 4.04. The zero-order valence-electron chi connectivity index (χ0n) is 13.1. The number of carbonyl (C=O) groups is 1. The highest BCUT2D eigenvalue weighted by atomic mass is 35.5. The molecule has 132 valence electrons. The average molecular weight is 385 g/mol. The van der Waals surface area contributed by atoms with Gasteiger partial charge >= 0.3 is 0 Å². The molecule has 1 fully saturated rings. The van der Waals surface area contributed by atoms with Gasteiger partial charge in [0.25, 0.3) is 11.5 Å². The van der Waals surface area contributed by atoms with Crippen LogP contribution in [0.5, 0.6) is 0 Å². The molecule has 1 aliphatic rings. The van der Waals surface area contributed by atoms with E-state index in [-0.39, 0.29) is 16.2 Å². The molecule has 1 aliphatic heterocycles. The molecule has 25 heavy (non-hydrogen) atoms. The maximum atomic E-state index is 14.0. The van der Waals surface area contributed by atoms with Crippen molar-refractivity contribution >= 4 is 29.3 Å². The molecule has 1 amide bonds. The minimum Gasteiger partial charge on any atom is -0.338 e. The monoisotopic (exact) mass is 384 g/mol. The smallest absolute Gasteiger partial charge is 0.266 e. The summed E-state index contributed by atoms with van der Waals surface area (Å²) >= 11 is 7.27. The molecule has 0 aliphatic carbocycles. The summed E-state index contributed by atoms with van der Waals surface area (Å²) in [5, 5.41) is -0.262. The van der Waals surface area contributed by atoms with Gasteiger partial charge in [0, 0.05) is 35.9 Å². The van der Waals surface area contributed by atoms with Gasteiger partial charge in [-0.05, 0) is 30.7 Å². The number of nitrogens with one attached hydrogen (secondary N) is 1. The Kier molecular flexibility index (Phi) is 5.44. The third-order valence-corrected chi connectivity index (χ3v) is 5.63. The molecule has 4 nitrogen and oxygen atoms in total. The number of aromatic nitrogens is 1. The number of hydrogen-bond donors (Lipinski definition) is 1. The van der Waals surface area contributed by atoms with Crippen LogP contribution in [-0.2, 0) is 0 Å². The van der Waals surface area contributed by atoms with E-state index in [2.05, 4.69) is 4.98 Å². The fraction of sp³-hybridized carbons (Fsp3) is 0.294. The van der Waals surface area contributed by atoms with E-state index in [1.807, 2.05) is 0 Å². The first-order valence-electron chi connectivity index (χ1n) is 7.70. The second-order valence-electron chi connectivity index (χ2n) is 5.67. The number of rotatable bonds is 2. The summed E-state index contributed by atoms with van der Waals surface area (Å²) in [5.74, 6) is -0.564. The Morgan fingerprint density at radius 1 is 1.28 bits per heavy atom. The number of H-pyrrole nitrogens is 1. The van der Waals surface area contributed by atoms with Crippen molar-refractivity contribution in [1.82, 2.24) is 9.88 Å². The Balaban J connectivity index is 1.75. The number of nitrogens with zero attached hydrogens (tertiary/aromatic N) is 1. The van der Waals surface area contributed by atoms with Crippen molar-refractivity contribution in [1.29, 1.82) is 0 Å². The normalized spacial score (nSPS) is 18.0. The van der Waals surface area contributed by atoms with E-state index in [0.717, 1.165) is 12.1 Å². The van der Waals surface area contributed by atoms with Crippen LogP contribution < -0.4 is 5.56 Å². The van der Waals surface area contributed by atoms with Crippen LogP contribution in [0.3, 0.4) is 0 Å². The Morgan fingerprint density at radius 2 is 2.08 bits per heavy atom. The van der Waals surface area contributed by atoms with E-state index >= 15 is 0 Å². The highest BCUT2D eigenvalue weighted by molar-refractivity contribution is 7.99. The van der Waals surface area contributed by atoms with Crippen LogP contribution in [0, 0.1) is 11.6 Å². The zero-order chi connectivity index (χ0) is 18.0. The van der Waals surface area contributed by atoms with Crippen LogP contribution in [0.4, 0.5) is 8.78 Å². The predicted molar refractivity (Wildman–Crippen MR) is 94.2 cm³/mol. The van der Waals surface area contributed by atoms with E-state index < -0.39 is 17.2 Å². The molecule has 1 unspecified atom stereocenters. The summed E-state index contributed by atoms with van der Waals surface area (Å²) in [6.07, 6.45) is 1.84. The number of halogens is 3. The van der Waals surface area contributed by atoms with Gasteiger partial charge in [0.1, 0.15) is 16.7 Å². The van der Waals surface area contributed by atoms with Crippen LogP contribution in [0.25, 0.3) is 0 Å². The molecule has 3 rings (SSSR count). The van der Waals surface area contributed by atoms with Gasteiger partial charge in [0.15, 0.2) is 0 Å². The van der Waals surface area contributed by atoms with Crippen LogP contribution in [0.2, 0.25) is 5.02 Å². The molecule has 8 heteroatoms. The number of amides is 1. The summed E-state index contributed by atoms with van der Waals surface area (Å²) in [6, 6.07) is 4.77. The first kappa shape index (κ1) is 17.9. The SMILES string of the molecule is O=C(c1c[nH]c(=O)c(Cl)c1)N1CCSC(c2cc(F)ccc2F)CC1. The molecule has 0 radical (unpaired) electrons. The second-order valence-corrected chi connectivity index (χ2v) is 7.39. The van der Waals surface area contributed by atoms with Crippen molar-refractivity contribution in [2.45, 2.75) is 11.7 Å². The highest BCUT2D eigenvalue weighted by Crippen LogP contribution is 2.36. The van der Waals surface area contributed by atoms with E-state index in [1.54, 1.807) is 4.90 Å². The van der Waals surface area contributed by atoms with E-state index in [0.29, 0.717) is 36.4 Å². The van der Waals surface area contributed by atoms with E-state index in [9.17, 15) is 18.4 Å². The maximum Gasteiger partial charge on any atom is 0.266 e. The second kappa shape index (κ2) is 7.58. The van der Waals surface area contributed by atoms with Crippen molar-refractivity contribution in [2.75, 3.05) is 18.8 Å². The summed E-state index contributed by atoms with van der Waals surface area (Å²) in [6.45, 7) is 0.886. The highest BCUT2D eigenvalue weighted by Gasteiger charge is 2.25. The largest absolute Gasteiger partial charge is 0.338 e. The van der Waals surface area contributed by atoms with Crippen LogP contribution in [0.1, 0.15) is 27.6 Å². The Bertz CT molecular complexity index is 859. The fourth-order valence-electron chi connectivity index (χ4n) is 2.75. The number of hydrogen-bond acceptors (Lipinski definition) is 3. The summed E-state index contributed by atoms with van der Waals surface area (Å²) in [4.78, 5) is 27.9. The molecule has 1 atom stereocenters. The average Bonchev–Trinajstić information content (AvgIpc) is 2.85. The Morgan fingerprint density at radius 3 is 2.84 bits per heavy atom. The molecular formula is C17H15ClF2N2O2S. The maximum absolute atomic E-state index is 14.0. The van der Waals surface area contributed by atoms with Crippen LogP contribution >= 0.6 is 23.4 Å². The van der Waals surface area contributed by atoms with Crippen molar-refractivity contribution in [3.05, 3.63) is 68.6 Å². The van der Waals surface area contributed by atoms with Crippen LogP contribution in [-0.4, -0.2) is 34.6 Å². The number of benzene rings is 1. The fourth-order valence-corrected chi connectivity index (χ4v) is 4.16. The van der Waals surface area contributed by atoms with Gasteiger partial charge < -0.3 is 9.88 Å². The number of pyridine rings is 1. The lowest BCUT2D eigenvalue weighted by molar-refractivity contribution is 0.0766. The molecule has 0 spiro atoms. The topological polar surface area (TPSA) is 53.2 Å². The van der Waals surface area contributed by atoms with Gasteiger partial charge in [0.05, 0.1) is 5.56 Å². The number of carbonyl (C=O) groups excluding carboxylic acids is 1. The summed E-state index contributed by atoms with van der Waals surface area (Å²) in [7, 11) is 0. The van der Waals surface area contributed by atoms with Gasteiger partial charge in [-0.15, -0.1) is 0 Å². The minimum absolute atomic E-state index is 0.0465. The lowest BCUT2D eigenvalue weighted by Crippen LogP contribution is -2.33. The molecular weight excluding hydrogens is 370 g/mol. The summed E-state index contributed by atoms with van der Waals surface area (Å²) < 4.78 is 27.4. The summed E-state index contributed by atoms with van der Waals surface area (Å²) in [5.41, 5.74) is 0.169. The van der Waals surface area contributed by atoms with E-state index in [1.165, 1.54) is 30.1 Å².